The van der Waals surface area contributed by atoms with Gasteiger partial charge in [-0.2, -0.15) is 9.78 Å². The Morgan fingerprint density at radius 3 is 2.38 bits per heavy atom. The molecule has 0 spiro atoms. The summed E-state index contributed by atoms with van der Waals surface area (Å²) < 4.78 is 1.42. The number of rotatable bonds is 4. The molecular weight excluding hydrogens is 396 g/mol. The minimum Gasteiger partial charge on any atom is -0.371 e. The van der Waals surface area contributed by atoms with E-state index in [9.17, 15) is 4.79 Å². The maximum Gasteiger partial charge on any atom is 0.282 e. The van der Waals surface area contributed by atoms with Gasteiger partial charge in [0, 0.05) is 24.3 Å². The monoisotopic (exact) mass is 422 g/mol. The zero-order valence-corrected chi connectivity index (χ0v) is 18.5. The van der Waals surface area contributed by atoms with Crippen LogP contribution < -0.4 is 10.5 Å². The third-order valence-electron chi connectivity index (χ3n) is 6.35. The third kappa shape index (κ3) is 3.60. The Morgan fingerprint density at radius 2 is 1.59 bits per heavy atom. The highest BCUT2D eigenvalue weighted by Crippen LogP contribution is 2.28. The Hall–Kier alpha value is -3.73. The number of fused-ring (bicyclic) bond motifs is 1. The quantitative estimate of drug-likeness (QED) is 0.427. The second-order valence-electron chi connectivity index (χ2n) is 8.30. The number of benzene rings is 3. The smallest absolute Gasteiger partial charge is 0.282 e. The van der Waals surface area contributed by atoms with E-state index in [0.717, 1.165) is 24.2 Å². The molecular formula is C27H26N4O. The number of nitrogens with zero attached hydrogens (tertiary/aromatic N) is 4. The molecule has 5 rings (SSSR count). The van der Waals surface area contributed by atoms with Gasteiger partial charge in [0.15, 0.2) is 5.82 Å². The first kappa shape index (κ1) is 20.2. The molecule has 0 radical (unpaired) electrons. The number of para-hydroxylation sites is 1. The van der Waals surface area contributed by atoms with Crippen LogP contribution in [0.3, 0.4) is 0 Å². The maximum absolute atomic E-state index is 13.3. The number of anilines is 1. The summed E-state index contributed by atoms with van der Waals surface area (Å²) in [5.41, 5.74) is 6.10. The van der Waals surface area contributed by atoms with Gasteiger partial charge in [0.2, 0.25) is 0 Å². The summed E-state index contributed by atoms with van der Waals surface area (Å²) in [6, 6.07) is 21.4. The summed E-state index contributed by atoms with van der Waals surface area (Å²) >= 11 is 0. The lowest BCUT2D eigenvalue weighted by Crippen LogP contribution is -2.20. The van der Waals surface area contributed by atoms with E-state index in [2.05, 4.69) is 36.0 Å². The van der Waals surface area contributed by atoms with Crippen molar-refractivity contribution < 1.29 is 0 Å². The highest BCUT2D eigenvalue weighted by molar-refractivity contribution is 5.85. The number of aromatic nitrogens is 2. The van der Waals surface area contributed by atoms with Gasteiger partial charge in [0.25, 0.3) is 5.56 Å². The Bertz CT molecular complexity index is 1370. The van der Waals surface area contributed by atoms with Crippen molar-refractivity contribution >= 4 is 22.8 Å². The van der Waals surface area contributed by atoms with E-state index in [-0.39, 0.29) is 5.56 Å². The fourth-order valence-electron chi connectivity index (χ4n) is 4.39. The third-order valence-corrected chi connectivity index (χ3v) is 6.35. The van der Waals surface area contributed by atoms with Crippen LogP contribution in [0.25, 0.3) is 22.3 Å². The van der Waals surface area contributed by atoms with Gasteiger partial charge < -0.3 is 4.90 Å². The van der Waals surface area contributed by atoms with Crippen LogP contribution in [0, 0.1) is 13.8 Å². The molecule has 32 heavy (non-hydrogen) atoms. The molecule has 5 nitrogen and oxygen atoms in total. The zero-order valence-electron chi connectivity index (χ0n) is 18.5. The van der Waals surface area contributed by atoms with Crippen LogP contribution in [0.15, 0.2) is 76.6 Å². The van der Waals surface area contributed by atoms with Crippen molar-refractivity contribution in [1.29, 1.82) is 0 Å². The maximum atomic E-state index is 13.3. The number of hydrogen-bond donors (Lipinski definition) is 0. The largest absolute Gasteiger partial charge is 0.371 e. The molecule has 0 N–H and O–H groups in total. The molecule has 0 atom stereocenters. The fraction of sp³-hybridized carbons (Fsp3) is 0.222. The molecule has 2 heterocycles. The topological polar surface area (TPSA) is 50.5 Å². The molecule has 1 aliphatic heterocycles. The number of hydrogen-bond acceptors (Lipinski definition) is 4. The summed E-state index contributed by atoms with van der Waals surface area (Å²) in [6.07, 6.45) is 4.28. The van der Waals surface area contributed by atoms with Crippen LogP contribution in [-0.4, -0.2) is 29.0 Å². The molecule has 0 bridgehead atoms. The fourth-order valence-corrected chi connectivity index (χ4v) is 4.39. The summed E-state index contributed by atoms with van der Waals surface area (Å²) in [7, 11) is 0. The standard InChI is InChI=1S/C27H26N4O/c1-19-20(2)25(30-16-8-9-17-30)15-14-22(19)18-28-31-26(21-10-4-3-5-11-21)29-24-13-7-6-12-23(24)27(31)32/h3-7,10-15,18H,8-9,16-17H2,1-2H3. The van der Waals surface area contributed by atoms with E-state index in [1.807, 2.05) is 48.5 Å². The van der Waals surface area contributed by atoms with Gasteiger partial charge in [-0.1, -0.05) is 48.5 Å². The van der Waals surface area contributed by atoms with Gasteiger partial charge in [-0.3, -0.25) is 4.79 Å². The molecule has 4 aromatic rings. The lowest BCUT2D eigenvalue weighted by molar-refractivity contribution is 0.829. The van der Waals surface area contributed by atoms with Crippen LogP contribution in [-0.2, 0) is 0 Å². The summed E-state index contributed by atoms with van der Waals surface area (Å²) in [5, 5.41) is 5.19. The minimum absolute atomic E-state index is 0.172. The van der Waals surface area contributed by atoms with Crippen molar-refractivity contribution in [3.05, 3.63) is 93.8 Å². The highest BCUT2D eigenvalue weighted by atomic mass is 16.1. The average Bonchev–Trinajstić information content (AvgIpc) is 3.36. The molecule has 1 aromatic heterocycles. The lowest BCUT2D eigenvalue weighted by atomic mass is 10.0. The van der Waals surface area contributed by atoms with Crippen molar-refractivity contribution in [1.82, 2.24) is 9.66 Å². The Labute approximate surface area is 187 Å². The van der Waals surface area contributed by atoms with Crippen molar-refractivity contribution in [3.63, 3.8) is 0 Å². The van der Waals surface area contributed by atoms with E-state index < -0.39 is 0 Å². The second kappa shape index (κ2) is 8.42. The zero-order chi connectivity index (χ0) is 22.1. The summed E-state index contributed by atoms with van der Waals surface area (Å²) in [5.74, 6) is 0.536. The molecule has 5 heteroatoms. The summed E-state index contributed by atoms with van der Waals surface area (Å²) in [6.45, 7) is 6.52. The van der Waals surface area contributed by atoms with E-state index in [1.54, 1.807) is 12.3 Å². The van der Waals surface area contributed by atoms with Crippen LogP contribution in [0.2, 0.25) is 0 Å². The Kier molecular flexibility index (Phi) is 5.31. The van der Waals surface area contributed by atoms with E-state index in [1.165, 1.54) is 34.3 Å². The normalized spacial score (nSPS) is 14.0. The molecule has 1 saturated heterocycles. The molecule has 0 aliphatic carbocycles. The van der Waals surface area contributed by atoms with Gasteiger partial charge in [-0.25, -0.2) is 4.98 Å². The first-order valence-electron chi connectivity index (χ1n) is 11.1. The molecule has 3 aromatic carbocycles. The molecule has 1 fully saturated rings. The van der Waals surface area contributed by atoms with Crippen molar-refractivity contribution in [3.8, 4) is 11.4 Å². The van der Waals surface area contributed by atoms with E-state index in [4.69, 9.17) is 4.98 Å². The second-order valence-corrected chi connectivity index (χ2v) is 8.30. The minimum atomic E-state index is -0.172. The van der Waals surface area contributed by atoms with Gasteiger partial charge in [0.1, 0.15) is 0 Å². The van der Waals surface area contributed by atoms with Crippen molar-refractivity contribution in [2.45, 2.75) is 26.7 Å². The molecule has 0 unspecified atom stereocenters. The molecule has 1 aliphatic rings. The van der Waals surface area contributed by atoms with Gasteiger partial charge in [-0.15, -0.1) is 0 Å². The predicted octanol–water partition coefficient (Wildman–Crippen LogP) is 5.16. The van der Waals surface area contributed by atoms with Crippen molar-refractivity contribution in [2.75, 3.05) is 18.0 Å². The molecule has 0 amide bonds. The van der Waals surface area contributed by atoms with Gasteiger partial charge in [0.05, 0.1) is 17.1 Å². The van der Waals surface area contributed by atoms with Gasteiger partial charge >= 0.3 is 0 Å². The Morgan fingerprint density at radius 1 is 0.875 bits per heavy atom. The predicted molar refractivity (Wildman–Crippen MR) is 132 cm³/mol. The lowest BCUT2D eigenvalue weighted by Gasteiger charge is -2.22. The molecule has 160 valence electrons. The van der Waals surface area contributed by atoms with Crippen molar-refractivity contribution in [2.24, 2.45) is 5.10 Å². The van der Waals surface area contributed by atoms with E-state index in [0.29, 0.717) is 16.7 Å². The Balaban J connectivity index is 1.62. The first-order valence-corrected chi connectivity index (χ1v) is 11.1. The van der Waals surface area contributed by atoms with E-state index >= 15 is 0 Å². The van der Waals surface area contributed by atoms with Crippen LogP contribution in [0.4, 0.5) is 5.69 Å². The van der Waals surface area contributed by atoms with Crippen LogP contribution in [0.1, 0.15) is 29.5 Å². The average molecular weight is 423 g/mol. The SMILES string of the molecule is Cc1c(C=Nn2c(-c3ccccc3)nc3ccccc3c2=O)ccc(N2CCCC2)c1C. The highest BCUT2D eigenvalue weighted by Gasteiger charge is 2.16. The van der Waals surface area contributed by atoms with Gasteiger partial charge in [-0.05, 0) is 61.6 Å². The van der Waals surface area contributed by atoms with Crippen LogP contribution in [0.5, 0.6) is 0 Å². The molecule has 0 saturated carbocycles. The van der Waals surface area contributed by atoms with Crippen LogP contribution >= 0.6 is 0 Å². The first-order chi connectivity index (χ1) is 15.6. The summed E-state index contributed by atoms with van der Waals surface area (Å²) in [4.78, 5) is 20.5.